The molecule has 0 bridgehead atoms. The molecule has 0 aromatic heterocycles. The van der Waals surface area contributed by atoms with Gasteiger partial charge in [-0.2, -0.15) is 0 Å². The number of benzene rings is 1. The average Bonchev–Trinajstić information content (AvgIpc) is 2.26. The minimum absolute atomic E-state index is 0.0305. The molecule has 0 fully saturated rings. The lowest BCUT2D eigenvalue weighted by atomic mass is 10.0. The van der Waals surface area contributed by atoms with Crippen LogP contribution in [0.25, 0.3) is 0 Å². The van der Waals surface area contributed by atoms with Gasteiger partial charge in [0.1, 0.15) is 0 Å². The number of ketones is 1. The molecular formula is C15H15NO. The molecule has 1 aromatic carbocycles. The molecule has 1 aromatic rings. The van der Waals surface area contributed by atoms with E-state index in [1.54, 1.807) is 18.2 Å². The van der Waals surface area contributed by atoms with Crippen LogP contribution >= 0.6 is 0 Å². The summed E-state index contributed by atoms with van der Waals surface area (Å²) in [4.78, 5) is 15.8. The number of aryl methyl sites for hydroxylation is 2. The number of nitrogens with zero attached hydrogens (tertiary/aromatic N) is 1. The highest BCUT2D eigenvalue weighted by molar-refractivity contribution is 6.20. The summed E-state index contributed by atoms with van der Waals surface area (Å²) in [6, 6.07) is 6.11. The summed E-state index contributed by atoms with van der Waals surface area (Å²) in [6.45, 7) is 6.00. The fourth-order valence-electron chi connectivity index (χ4n) is 1.86. The van der Waals surface area contributed by atoms with E-state index in [-0.39, 0.29) is 5.78 Å². The summed E-state index contributed by atoms with van der Waals surface area (Å²) in [5, 5.41) is 0. The van der Waals surface area contributed by atoms with Gasteiger partial charge >= 0.3 is 0 Å². The van der Waals surface area contributed by atoms with Crippen molar-refractivity contribution < 1.29 is 4.79 Å². The summed E-state index contributed by atoms with van der Waals surface area (Å²) in [6.07, 6.45) is 4.95. The van der Waals surface area contributed by atoms with Crippen LogP contribution in [0.3, 0.4) is 0 Å². The van der Waals surface area contributed by atoms with E-state index in [9.17, 15) is 4.79 Å². The monoisotopic (exact) mass is 225 g/mol. The zero-order chi connectivity index (χ0) is 12.4. The molecule has 0 N–H and O–H groups in total. The Morgan fingerprint density at radius 3 is 2.24 bits per heavy atom. The first-order valence-electron chi connectivity index (χ1n) is 5.63. The average molecular weight is 225 g/mol. The zero-order valence-corrected chi connectivity index (χ0v) is 10.3. The highest BCUT2D eigenvalue weighted by Gasteiger charge is 2.08. The molecule has 0 amide bonds. The van der Waals surface area contributed by atoms with Gasteiger partial charge in [-0.25, -0.2) is 4.99 Å². The maximum absolute atomic E-state index is 11.2. The van der Waals surface area contributed by atoms with Crippen molar-refractivity contribution >= 4 is 17.2 Å². The van der Waals surface area contributed by atoms with Crippen molar-refractivity contribution in [2.24, 2.45) is 4.99 Å². The standard InChI is InChI=1S/C15H15NO/c1-10-5-4-6-11(2)15(10)16-14-8-7-13(17)9-12(14)3/h4-9H,1-3H3. The van der Waals surface area contributed by atoms with Crippen LogP contribution < -0.4 is 0 Å². The Morgan fingerprint density at radius 2 is 1.65 bits per heavy atom. The second-order valence-corrected chi connectivity index (χ2v) is 4.30. The quantitative estimate of drug-likeness (QED) is 0.673. The van der Waals surface area contributed by atoms with Gasteiger partial charge in [-0.15, -0.1) is 0 Å². The largest absolute Gasteiger partial charge is 0.290 e. The Kier molecular flexibility index (Phi) is 3.05. The van der Waals surface area contributed by atoms with Gasteiger partial charge in [0.2, 0.25) is 0 Å². The van der Waals surface area contributed by atoms with E-state index in [1.807, 2.05) is 39.0 Å². The second kappa shape index (κ2) is 4.50. The normalized spacial score (nSPS) is 17.5. The van der Waals surface area contributed by atoms with E-state index in [4.69, 9.17) is 0 Å². The van der Waals surface area contributed by atoms with E-state index < -0.39 is 0 Å². The lowest BCUT2D eigenvalue weighted by molar-refractivity contribution is -0.110. The SMILES string of the molecule is CC1=CC(=O)C=CC1=Nc1c(C)cccc1C. The predicted molar refractivity (Wildman–Crippen MR) is 70.9 cm³/mol. The minimum atomic E-state index is 0.0305. The van der Waals surface area contributed by atoms with Gasteiger partial charge in [-0.1, -0.05) is 18.2 Å². The molecule has 0 saturated carbocycles. The van der Waals surface area contributed by atoms with E-state index in [0.29, 0.717) is 0 Å². The number of aliphatic imine (C=N–C) groups is 1. The summed E-state index contributed by atoms with van der Waals surface area (Å²) in [5.74, 6) is 0.0305. The number of para-hydroxylation sites is 1. The maximum atomic E-state index is 11.2. The number of allylic oxidation sites excluding steroid dienone is 4. The fraction of sp³-hybridized carbons (Fsp3) is 0.200. The minimum Gasteiger partial charge on any atom is -0.290 e. The molecule has 0 spiro atoms. The van der Waals surface area contributed by atoms with Crippen LogP contribution in [0.1, 0.15) is 18.1 Å². The second-order valence-electron chi connectivity index (χ2n) is 4.30. The van der Waals surface area contributed by atoms with Crippen molar-refractivity contribution in [3.05, 3.63) is 53.1 Å². The van der Waals surface area contributed by atoms with E-state index >= 15 is 0 Å². The van der Waals surface area contributed by atoms with Gasteiger partial charge in [-0.05, 0) is 55.7 Å². The Bertz CT molecular complexity index is 542. The summed E-state index contributed by atoms with van der Waals surface area (Å²) in [5.41, 5.74) is 5.07. The van der Waals surface area contributed by atoms with Gasteiger partial charge in [-0.3, -0.25) is 4.79 Å². The van der Waals surface area contributed by atoms with Crippen molar-refractivity contribution in [3.63, 3.8) is 0 Å². The summed E-state index contributed by atoms with van der Waals surface area (Å²) < 4.78 is 0. The molecular weight excluding hydrogens is 210 g/mol. The predicted octanol–water partition coefficient (Wildman–Crippen LogP) is 3.46. The van der Waals surface area contributed by atoms with Crippen LogP contribution in [-0.2, 0) is 4.79 Å². The Hall–Kier alpha value is -1.96. The van der Waals surface area contributed by atoms with Gasteiger partial charge in [0.05, 0.1) is 11.4 Å². The maximum Gasteiger partial charge on any atom is 0.179 e. The van der Waals surface area contributed by atoms with Crippen molar-refractivity contribution in [2.75, 3.05) is 0 Å². The Morgan fingerprint density at radius 1 is 1.00 bits per heavy atom. The smallest absolute Gasteiger partial charge is 0.179 e. The lowest BCUT2D eigenvalue weighted by Crippen LogP contribution is -2.05. The van der Waals surface area contributed by atoms with Crippen molar-refractivity contribution in [1.29, 1.82) is 0 Å². The zero-order valence-electron chi connectivity index (χ0n) is 10.3. The van der Waals surface area contributed by atoms with Crippen LogP contribution in [0.2, 0.25) is 0 Å². The summed E-state index contributed by atoms with van der Waals surface area (Å²) in [7, 11) is 0. The molecule has 2 nitrogen and oxygen atoms in total. The first-order valence-corrected chi connectivity index (χ1v) is 5.63. The number of hydrogen-bond donors (Lipinski definition) is 0. The molecule has 0 unspecified atom stereocenters. The van der Waals surface area contributed by atoms with Crippen LogP contribution in [0.15, 0.2) is 47.0 Å². The van der Waals surface area contributed by atoms with Crippen LogP contribution in [0, 0.1) is 13.8 Å². The lowest BCUT2D eigenvalue weighted by Gasteiger charge is -2.09. The van der Waals surface area contributed by atoms with Crippen LogP contribution in [0.5, 0.6) is 0 Å². The highest BCUT2D eigenvalue weighted by atomic mass is 16.1. The number of hydrogen-bond acceptors (Lipinski definition) is 2. The first-order chi connectivity index (χ1) is 8.08. The van der Waals surface area contributed by atoms with Crippen molar-refractivity contribution in [3.8, 4) is 0 Å². The molecule has 0 saturated heterocycles. The van der Waals surface area contributed by atoms with E-state index in [0.717, 1.165) is 28.1 Å². The molecule has 2 rings (SSSR count). The summed E-state index contributed by atoms with van der Waals surface area (Å²) >= 11 is 0. The van der Waals surface area contributed by atoms with Crippen LogP contribution in [0.4, 0.5) is 5.69 Å². The topological polar surface area (TPSA) is 29.4 Å². The molecule has 0 atom stereocenters. The Labute approximate surface area is 101 Å². The fourth-order valence-corrected chi connectivity index (χ4v) is 1.86. The molecule has 2 heteroatoms. The molecule has 86 valence electrons. The molecule has 17 heavy (non-hydrogen) atoms. The highest BCUT2D eigenvalue weighted by Crippen LogP contribution is 2.24. The van der Waals surface area contributed by atoms with E-state index in [1.165, 1.54) is 0 Å². The number of rotatable bonds is 1. The third-order valence-corrected chi connectivity index (χ3v) is 2.84. The first kappa shape index (κ1) is 11.5. The number of carbonyl (C=O) groups is 1. The molecule has 0 heterocycles. The molecule has 1 aliphatic rings. The molecule has 0 aliphatic heterocycles. The van der Waals surface area contributed by atoms with Crippen molar-refractivity contribution in [2.45, 2.75) is 20.8 Å². The van der Waals surface area contributed by atoms with E-state index in [2.05, 4.69) is 4.99 Å². The number of carbonyl (C=O) groups excluding carboxylic acids is 1. The third kappa shape index (κ3) is 2.41. The third-order valence-electron chi connectivity index (χ3n) is 2.84. The Balaban J connectivity index is 2.47. The van der Waals surface area contributed by atoms with Gasteiger partial charge < -0.3 is 0 Å². The van der Waals surface area contributed by atoms with Gasteiger partial charge in [0, 0.05) is 0 Å². The van der Waals surface area contributed by atoms with Crippen molar-refractivity contribution in [1.82, 2.24) is 0 Å². The van der Waals surface area contributed by atoms with Gasteiger partial charge in [0.15, 0.2) is 5.78 Å². The van der Waals surface area contributed by atoms with Crippen LogP contribution in [-0.4, -0.2) is 11.5 Å². The molecule has 0 radical (unpaired) electrons. The van der Waals surface area contributed by atoms with Gasteiger partial charge in [0.25, 0.3) is 0 Å². The molecule has 1 aliphatic carbocycles.